The molecule has 1 aliphatic rings. The number of rotatable bonds is 8. The average Bonchev–Trinajstić information content (AvgIpc) is 2.86. The van der Waals surface area contributed by atoms with Crippen LogP contribution in [0, 0.1) is 5.92 Å². The minimum absolute atomic E-state index is 0.164. The molecule has 2 nitrogen and oxygen atoms in total. The summed E-state index contributed by atoms with van der Waals surface area (Å²) in [4.78, 5) is 0. The summed E-state index contributed by atoms with van der Waals surface area (Å²) in [5.74, 6) is 0.164. The maximum Gasteiger partial charge on any atom is 0.114 e. The average molecular weight is 289 g/mol. The second-order valence-corrected chi connectivity index (χ2v) is 6.95. The zero-order chi connectivity index (χ0) is 15.3. The van der Waals surface area contributed by atoms with Gasteiger partial charge in [-0.05, 0) is 49.3 Å². The fraction of sp³-hybridized carbons (Fsp3) is 0.684. The van der Waals surface area contributed by atoms with E-state index in [-0.39, 0.29) is 5.92 Å². The first-order chi connectivity index (χ1) is 10.0. The van der Waals surface area contributed by atoms with Crippen LogP contribution in [-0.4, -0.2) is 10.8 Å². The molecule has 1 aromatic rings. The van der Waals surface area contributed by atoms with Gasteiger partial charge in [0.2, 0.25) is 0 Å². The summed E-state index contributed by atoms with van der Waals surface area (Å²) in [6, 6.07) is 6.85. The first kappa shape index (κ1) is 16.5. The minimum Gasteiger partial charge on any atom is -0.376 e. The van der Waals surface area contributed by atoms with Crippen LogP contribution in [0.5, 0.6) is 0 Å². The summed E-state index contributed by atoms with van der Waals surface area (Å²) < 4.78 is 0. The van der Waals surface area contributed by atoms with Crippen molar-refractivity contribution in [3.63, 3.8) is 0 Å². The highest BCUT2D eigenvalue weighted by Crippen LogP contribution is 2.32. The first-order valence-electron chi connectivity index (χ1n) is 8.62. The summed E-state index contributed by atoms with van der Waals surface area (Å²) in [7, 11) is 0. The Morgan fingerprint density at radius 3 is 2.48 bits per heavy atom. The van der Waals surface area contributed by atoms with Crippen LogP contribution in [0.2, 0.25) is 0 Å². The van der Waals surface area contributed by atoms with Gasteiger partial charge in [0.25, 0.3) is 0 Å². The molecule has 118 valence electrons. The molecule has 0 aromatic heterocycles. The molecule has 0 spiro atoms. The SMILES string of the molecule is CCCCCCCCc1ccc2c(c1)C[C@H]([C@@](C)(N)O)C2. The largest absolute Gasteiger partial charge is 0.376 e. The highest BCUT2D eigenvalue weighted by molar-refractivity contribution is 5.37. The Balaban J connectivity index is 1.81. The number of fused-ring (bicyclic) bond motifs is 1. The van der Waals surface area contributed by atoms with Gasteiger partial charge >= 0.3 is 0 Å². The van der Waals surface area contributed by atoms with Crippen LogP contribution in [0.15, 0.2) is 18.2 Å². The Hall–Kier alpha value is -0.860. The van der Waals surface area contributed by atoms with E-state index in [1.54, 1.807) is 6.92 Å². The molecule has 0 aliphatic heterocycles. The van der Waals surface area contributed by atoms with Crippen LogP contribution in [0.3, 0.4) is 0 Å². The summed E-state index contributed by atoms with van der Waals surface area (Å²) in [6.45, 7) is 3.98. The van der Waals surface area contributed by atoms with E-state index in [1.807, 2.05) is 0 Å². The van der Waals surface area contributed by atoms with Crippen molar-refractivity contribution < 1.29 is 5.11 Å². The van der Waals surface area contributed by atoms with Gasteiger partial charge in [-0.1, -0.05) is 57.2 Å². The Morgan fingerprint density at radius 1 is 1.10 bits per heavy atom. The molecule has 2 rings (SSSR count). The quantitative estimate of drug-likeness (QED) is 0.562. The van der Waals surface area contributed by atoms with Crippen molar-refractivity contribution in [3.8, 4) is 0 Å². The highest BCUT2D eigenvalue weighted by Gasteiger charge is 2.33. The van der Waals surface area contributed by atoms with E-state index in [0.29, 0.717) is 0 Å². The molecule has 0 amide bonds. The monoisotopic (exact) mass is 289 g/mol. The van der Waals surface area contributed by atoms with Crippen molar-refractivity contribution in [3.05, 3.63) is 34.9 Å². The molecule has 21 heavy (non-hydrogen) atoms. The van der Waals surface area contributed by atoms with Gasteiger partial charge in [-0.15, -0.1) is 0 Å². The van der Waals surface area contributed by atoms with Crippen molar-refractivity contribution in [1.82, 2.24) is 0 Å². The van der Waals surface area contributed by atoms with Crippen molar-refractivity contribution in [2.24, 2.45) is 11.7 Å². The van der Waals surface area contributed by atoms with Gasteiger partial charge < -0.3 is 10.8 Å². The normalized spacial score (nSPS) is 20.3. The predicted octanol–water partition coefficient (Wildman–Crippen LogP) is 3.97. The number of unbranched alkanes of at least 4 members (excludes halogenated alkanes) is 5. The van der Waals surface area contributed by atoms with Crippen molar-refractivity contribution >= 4 is 0 Å². The van der Waals surface area contributed by atoms with Gasteiger partial charge in [0.1, 0.15) is 5.72 Å². The third-order valence-electron chi connectivity index (χ3n) is 4.85. The molecular formula is C19H31NO. The maximum absolute atomic E-state index is 9.98. The predicted molar refractivity (Wildman–Crippen MR) is 89.2 cm³/mol. The molecule has 0 saturated heterocycles. The van der Waals surface area contributed by atoms with E-state index in [2.05, 4.69) is 25.1 Å². The third kappa shape index (κ3) is 4.82. The molecule has 0 unspecified atom stereocenters. The van der Waals surface area contributed by atoms with Gasteiger partial charge in [-0.3, -0.25) is 0 Å². The first-order valence-corrected chi connectivity index (χ1v) is 8.62. The molecule has 0 saturated carbocycles. The molecule has 3 N–H and O–H groups in total. The van der Waals surface area contributed by atoms with Crippen LogP contribution < -0.4 is 5.73 Å². The van der Waals surface area contributed by atoms with E-state index in [4.69, 9.17) is 5.73 Å². The lowest BCUT2D eigenvalue weighted by molar-refractivity contribution is 0.00911. The lowest BCUT2D eigenvalue weighted by atomic mass is 9.95. The summed E-state index contributed by atoms with van der Waals surface area (Å²) in [5, 5.41) is 9.98. The van der Waals surface area contributed by atoms with E-state index >= 15 is 0 Å². The smallest absolute Gasteiger partial charge is 0.114 e. The number of aliphatic hydroxyl groups is 1. The van der Waals surface area contributed by atoms with Gasteiger partial charge in [-0.25, -0.2) is 0 Å². The van der Waals surface area contributed by atoms with E-state index in [9.17, 15) is 5.11 Å². The summed E-state index contributed by atoms with van der Waals surface area (Å²) in [6.07, 6.45) is 11.1. The number of nitrogens with two attached hydrogens (primary N) is 1. The lowest BCUT2D eigenvalue weighted by Crippen LogP contribution is -2.44. The zero-order valence-electron chi connectivity index (χ0n) is 13.7. The Morgan fingerprint density at radius 2 is 1.76 bits per heavy atom. The second-order valence-electron chi connectivity index (χ2n) is 6.95. The van der Waals surface area contributed by atoms with Gasteiger partial charge in [0.15, 0.2) is 0 Å². The molecule has 0 radical (unpaired) electrons. The standard InChI is InChI=1S/C19H31NO/c1-3-4-5-6-7-8-9-15-10-11-16-13-18(19(2,20)21)14-17(16)12-15/h10-12,18,21H,3-9,13-14,20H2,1-2H3/t18-,19+/m1/s1. The molecule has 0 bridgehead atoms. The third-order valence-corrected chi connectivity index (χ3v) is 4.85. The van der Waals surface area contributed by atoms with E-state index < -0.39 is 5.72 Å². The van der Waals surface area contributed by atoms with Crippen molar-refractivity contribution in [2.75, 3.05) is 0 Å². The van der Waals surface area contributed by atoms with Crippen LogP contribution in [0.25, 0.3) is 0 Å². The maximum atomic E-state index is 9.98. The Labute approximate surface area is 129 Å². The second kappa shape index (κ2) is 7.42. The molecular weight excluding hydrogens is 258 g/mol. The van der Waals surface area contributed by atoms with Crippen LogP contribution in [0.1, 0.15) is 69.1 Å². The topological polar surface area (TPSA) is 46.2 Å². The van der Waals surface area contributed by atoms with Gasteiger partial charge in [-0.2, -0.15) is 0 Å². The Bertz CT molecular complexity index is 447. The molecule has 1 aliphatic carbocycles. The van der Waals surface area contributed by atoms with Crippen LogP contribution in [-0.2, 0) is 19.3 Å². The molecule has 0 fully saturated rings. The molecule has 1 aromatic carbocycles. The van der Waals surface area contributed by atoms with Crippen LogP contribution >= 0.6 is 0 Å². The van der Waals surface area contributed by atoms with Crippen LogP contribution in [0.4, 0.5) is 0 Å². The number of hydrogen-bond acceptors (Lipinski definition) is 2. The number of aryl methyl sites for hydroxylation is 1. The van der Waals surface area contributed by atoms with Crippen molar-refractivity contribution in [1.29, 1.82) is 0 Å². The Kier molecular flexibility index (Phi) is 5.83. The van der Waals surface area contributed by atoms with E-state index in [0.717, 1.165) is 12.8 Å². The fourth-order valence-electron chi connectivity index (χ4n) is 3.35. The summed E-state index contributed by atoms with van der Waals surface area (Å²) in [5.41, 5.74) is 9.01. The molecule has 0 heterocycles. The minimum atomic E-state index is -1.06. The number of benzene rings is 1. The van der Waals surface area contributed by atoms with Gasteiger partial charge in [0.05, 0.1) is 0 Å². The fourth-order valence-corrected chi connectivity index (χ4v) is 3.35. The lowest BCUT2D eigenvalue weighted by Gasteiger charge is -2.24. The van der Waals surface area contributed by atoms with E-state index in [1.165, 1.54) is 61.6 Å². The van der Waals surface area contributed by atoms with Gasteiger partial charge in [0, 0.05) is 5.92 Å². The summed E-state index contributed by atoms with van der Waals surface area (Å²) >= 11 is 0. The van der Waals surface area contributed by atoms with Crippen molar-refractivity contribution in [2.45, 2.75) is 77.4 Å². The molecule has 2 atom stereocenters. The highest BCUT2D eigenvalue weighted by atomic mass is 16.3. The number of hydrogen-bond donors (Lipinski definition) is 2. The zero-order valence-corrected chi connectivity index (χ0v) is 13.7. The molecule has 2 heteroatoms.